The molecule has 2 aromatic rings. The van der Waals surface area contributed by atoms with Crippen LogP contribution >= 0.6 is 23.2 Å². The summed E-state index contributed by atoms with van der Waals surface area (Å²) in [5.41, 5.74) is -1.02. The lowest BCUT2D eigenvalue weighted by Crippen LogP contribution is -2.52. The summed E-state index contributed by atoms with van der Waals surface area (Å²) >= 11 is 11.4. The Morgan fingerprint density at radius 2 is 1.43 bits per heavy atom. The van der Waals surface area contributed by atoms with Gasteiger partial charge in [-0.1, -0.05) is 35.3 Å². The molecule has 0 unspecified atom stereocenters. The van der Waals surface area contributed by atoms with E-state index in [-0.39, 0.29) is 16.3 Å². The molecule has 0 aliphatic carbocycles. The number of amides is 4. The van der Waals surface area contributed by atoms with Crippen LogP contribution < -0.4 is 26.0 Å². The normalized spacial score (nSPS) is 12.5. The number of alkyl halides is 7. The van der Waals surface area contributed by atoms with Gasteiger partial charge in [0.2, 0.25) is 17.6 Å². The van der Waals surface area contributed by atoms with Crippen molar-refractivity contribution < 1.29 is 59.4 Å². The average molecular weight is 677 g/mol. The molecular weight excluding hydrogens is 656 g/mol. The Morgan fingerprint density at radius 1 is 0.818 bits per heavy atom. The lowest BCUT2D eigenvalue weighted by atomic mass is 10.1. The molecule has 2 aromatic carbocycles. The second-order valence-corrected chi connectivity index (χ2v) is 9.51. The Labute approximate surface area is 253 Å². The number of benzene rings is 2. The number of carbonyl (C=O) groups is 5. The summed E-state index contributed by atoms with van der Waals surface area (Å²) in [6, 6.07) is 6.20. The zero-order valence-corrected chi connectivity index (χ0v) is 23.6. The minimum absolute atomic E-state index is 0.0545. The SMILES string of the molecule is COc1ccc([C@H](NC(=O)CNC(=O)C(F)(F)c2cc(Cl)ccc2Cl)C(=O)NCC(=O)C(F)(F)C(=O)NCC(F)(F)F)cc1. The van der Waals surface area contributed by atoms with Crippen molar-refractivity contribution in [3.05, 3.63) is 63.6 Å². The Kier molecular flexibility index (Phi) is 11.9. The Balaban J connectivity index is 2.14. The number of ketones is 1. The largest absolute Gasteiger partial charge is 0.497 e. The summed E-state index contributed by atoms with van der Waals surface area (Å²) in [5.74, 6) is -18.4. The predicted octanol–water partition coefficient (Wildman–Crippen LogP) is 3.07. The van der Waals surface area contributed by atoms with Gasteiger partial charge < -0.3 is 26.0 Å². The maximum absolute atomic E-state index is 14.7. The summed E-state index contributed by atoms with van der Waals surface area (Å²) in [4.78, 5) is 60.8. The fourth-order valence-corrected chi connectivity index (χ4v) is 3.65. The van der Waals surface area contributed by atoms with Crippen molar-refractivity contribution in [1.82, 2.24) is 21.3 Å². The van der Waals surface area contributed by atoms with E-state index in [0.717, 1.165) is 17.4 Å². The number of methoxy groups -OCH3 is 1. The van der Waals surface area contributed by atoms with Gasteiger partial charge in [0.25, 0.3) is 11.8 Å². The molecule has 0 aliphatic heterocycles. The summed E-state index contributed by atoms with van der Waals surface area (Å²) < 4.78 is 99.0. The highest BCUT2D eigenvalue weighted by Gasteiger charge is 2.48. The molecule has 0 aliphatic rings. The first-order valence-corrected chi connectivity index (χ1v) is 12.6. The molecule has 0 fully saturated rings. The van der Waals surface area contributed by atoms with E-state index in [1.807, 2.05) is 0 Å². The molecule has 0 spiro atoms. The van der Waals surface area contributed by atoms with Gasteiger partial charge in [0.15, 0.2) is 0 Å². The van der Waals surface area contributed by atoms with Crippen molar-refractivity contribution in [3.8, 4) is 5.75 Å². The van der Waals surface area contributed by atoms with Crippen LogP contribution in [0, 0.1) is 0 Å². The molecule has 0 heterocycles. The zero-order valence-electron chi connectivity index (χ0n) is 22.1. The number of Topliss-reactive ketones (excluding diaryl/α,β-unsaturated/α-hetero) is 1. The van der Waals surface area contributed by atoms with E-state index < -0.39 is 83.7 Å². The van der Waals surface area contributed by atoms with E-state index >= 15 is 0 Å². The molecule has 0 bridgehead atoms. The van der Waals surface area contributed by atoms with E-state index in [1.165, 1.54) is 37.4 Å². The van der Waals surface area contributed by atoms with Crippen molar-refractivity contribution in [2.45, 2.75) is 24.1 Å². The van der Waals surface area contributed by atoms with Gasteiger partial charge in [0.1, 0.15) is 18.3 Å². The monoisotopic (exact) mass is 676 g/mol. The summed E-state index contributed by atoms with van der Waals surface area (Å²) in [6.45, 7) is -4.86. The molecule has 240 valence electrons. The third-order valence-electron chi connectivity index (χ3n) is 5.49. The molecule has 19 heteroatoms. The molecule has 0 saturated heterocycles. The van der Waals surface area contributed by atoms with Crippen LogP contribution in [0.5, 0.6) is 5.75 Å². The molecule has 4 N–H and O–H groups in total. The second kappa shape index (κ2) is 14.6. The fraction of sp³-hybridized carbons (Fsp3) is 0.320. The Hall–Kier alpha value is -4.12. The van der Waals surface area contributed by atoms with Gasteiger partial charge in [0.05, 0.1) is 30.8 Å². The van der Waals surface area contributed by atoms with Crippen molar-refractivity contribution in [1.29, 1.82) is 0 Å². The van der Waals surface area contributed by atoms with Gasteiger partial charge in [-0.2, -0.15) is 30.7 Å². The number of rotatable bonds is 13. The molecule has 4 amide bonds. The highest BCUT2D eigenvalue weighted by atomic mass is 35.5. The smallest absolute Gasteiger partial charge is 0.405 e. The fourth-order valence-electron chi connectivity index (χ4n) is 3.24. The number of halogens is 9. The van der Waals surface area contributed by atoms with Crippen molar-refractivity contribution in [2.24, 2.45) is 0 Å². The Morgan fingerprint density at radius 3 is 2.00 bits per heavy atom. The maximum Gasteiger partial charge on any atom is 0.405 e. The molecule has 0 saturated carbocycles. The topological polar surface area (TPSA) is 143 Å². The molecule has 1 atom stereocenters. The molecule has 44 heavy (non-hydrogen) atoms. The third-order valence-corrected chi connectivity index (χ3v) is 6.05. The Bertz CT molecular complexity index is 1410. The number of ether oxygens (including phenoxy) is 1. The number of hydrogen-bond acceptors (Lipinski definition) is 6. The van der Waals surface area contributed by atoms with Gasteiger partial charge in [-0.15, -0.1) is 0 Å². The van der Waals surface area contributed by atoms with Crippen LogP contribution in [0.3, 0.4) is 0 Å². The first kappa shape index (κ1) is 36.1. The number of nitrogens with one attached hydrogen (secondary N) is 4. The van der Waals surface area contributed by atoms with Gasteiger partial charge >= 0.3 is 18.0 Å². The van der Waals surface area contributed by atoms with E-state index in [4.69, 9.17) is 27.9 Å². The van der Waals surface area contributed by atoms with E-state index in [9.17, 15) is 54.7 Å². The van der Waals surface area contributed by atoms with Crippen LogP contribution in [0.2, 0.25) is 10.0 Å². The van der Waals surface area contributed by atoms with Crippen LogP contribution in [-0.2, 0) is 29.9 Å². The van der Waals surface area contributed by atoms with Gasteiger partial charge in [-0.25, -0.2) is 0 Å². The average Bonchev–Trinajstić information content (AvgIpc) is 2.96. The molecule has 2 rings (SSSR count). The van der Waals surface area contributed by atoms with Crippen molar-refractivity contribution >= 4 is 52.6 Å². The number of carbonyl (C=O) groups excluding carboxylic acids is 5. The van der Waals surface area contributed by atoms with Gasteiger partial charge in [0, 0.05) is 5.02 Å². The number of hydrogen-bond donors (Lipinski definition) is 4. The third kappa shape index (κ3) is 9.70. The minimum atomic E-state index is -5.05. The van der Waals surface area contributed by atoms with E-state index in [0.29, 0.717) is 0 Å². The van der Waals surface area contributed by atoms with Crippen molar-refractivity contribution in [2.75, 3.05) is 26.7 Å². The van der Waals surface area contributed by atoms with E-state index in [1.54, 1.807) is 10.6 Å². The molecule has 10 nitrogen and oxygen atoms in total. The highest BCUT2D eigenvalue weighted by molar-refractivity contribution is 6.33. The highest BCUT2D eigenvalue weighted by Crippen LogP contribution is 2.35. The van der Waals surface area contributed by atoms with Gasteiger partial charge in [-0.05, 0) is 35.9 Å². The zero-order chi connectivity index (χ0) is 33.5. The van der Waals surface area contributed by atoms with Crippen LogP contribution in [-0.4, -0.2) is 68.3 Å². The molecule has 0 aromatic heterocycles. The molecular formula is C25H21Cl2F7N4O6. The van der Waals surface area contributed by atoms with Gasteiger partial charge in [-0.3, -0.25) is 24.0 Å². The lowest BCUT2D eigenvalue weighted by molar-refractivity contribution is -0.163. The van der Waals surface area contributed by atoms with Crippen LogP contribution in [0.15, 0.2) is 42.5 Å². The van der Waals surface area contributed by atoms with Crippen LogP contribution in [0.1, 0.15) is 17.2 Å². The molecule has 0 radical (unpaired) electrons. The lowest BCUT2D eigenvalue weighted by Gasteiger charge is -2.21. The van der Waals surface area contributed by atoms with Crippen molar-refractivity contribution in [3.63, 3.8) is 0 Å². The quantitative estimate of drug-likeness (QED) is 0.190. The first-order chi connectivity index (χ1) is 20.3. The van der Waals surface area contributed by atoms with Crippen LogP contribution in [0.25, 0.3) is 0 Å². The first-order valence-electron chi connectivity index (χ1n) is 11.9. The maximum atomic E-state index is 14.7. The second-order valence-electron chi connectivity index (χ2n) is 8.67. The standard InChI is InChI=1S/C25H21Cl2F7N4O6/c1-44-14-5-2-12(3-6-14)19(20(41)35-9-17(39)25(33,34)22(43)37-11-23(28,29)30)38-18(40)10-36-21(42)24(31,32)15-8-13(26)4-7-16(15)27/h2-8,19H,9-11H2,1H3,(H,35,41)(H,36,42)(H,37,43)(H,38,40)/t19-/m0/s1. The minimum Gasteiger partial charge on any atom is -0.497 e. The van der Waals surface area contributed by atoms with E-state index in [2.05, 4.69) is 5.32 Å². The summed E-state index contributed by atoms with van der Waals surface area (Å²) in [5, 5.41) is 5.61. The summed E-state index contributed by atoms with van der Waals surface area (Å²) in [6.07, 6.45) is -5.05. The van der Waals surface area contributed by atoms with Crippen LogP contribution in [0.4, 0.5) is 30.7 Å². The predicted molar refractivity (Wildman–Crippen MR) is 139 cm³/mol. The summed E-state index contributed by atoms with van der Waals surface area (Å²) in [7, 11) is 1.30.